The molecule has 1 N–H and O–H groups in total. The molecular formula is C14H14N3O3S-. The highest BCUT2D eigenvalue weighted by atomic mass is 32.2. The van der Waals surface area contributed by atoms with Gasteiger partial charge in [0.2, 0.25) is 5.16 Å². The summed E-state index contributed by atoms with van der Waals surface area (Å²) in [5.74, 6) is 0.148. The van der Waals surface area contributed by atoms with Crippen LogP contribution in [0.5, 0.6) is 5.75 Å². The molecule has 0 unspecified atom stereocenters. The van der Waals surface area contributed by atoms with Crippen LogP contribution < -0.4 is 9.84 Å². The molecule has 21 heavy (non-hydrogen) atoms. The van der Waals surface area contributed by atoms with Crippen molar-refractivity contribution in [1.29, 1.82) is 0 Å². The maximum absolute atomic E-state index is 11.2. The molecule has 1 aromatic heterocycles. The van der Waals surface area contributed by atoms with Crippen LogP contribution >= 0.6 is 11.8 Å². The number of carboxylic acids is 1. The Labute approximate surface area is 126 Å². The van der Waals surface area contributed by atoms with E-state index in [1.807, 2.05) is 6.92 Å². The average molecular weight is 304 g/mol. The summed E-state index contributed by atoms with van der Waals surface area (Å²) in [6.45, 7) is 1.93. The number of H-pyrrole nitrogens is 1. The van der Waals surface area contributed by atoms with Crippen LogP contribution in [0.4, 0.5) is 0 Å². The van der Waals surface area contributed by atoms with Gasteiger partial charge in [0, 0.05) is 11.3 Å². The summed E-state index contributed by atoms with van der Waals surface area (Å²) in [6.07, 6.45) is 2.22. The Morgan fingerprint density at radius 3 is 2.67 bits per heavy atom. The first-order valence-corrected chi connectivity index (χ1v) is 7.10. The number of aliphatic carboxylic acids is 1. The highest BCUT2D eigenvalue weighted by molar-refractivity contribution is 8.04. The number of hydrogen-bond donors (Lipinski definition) is 1. The largest absolute Gasteiger partial charge is 0.544 e. The number of benzene rings is 1. The minimum Gasteiger partial charge on any atom is -0.544 e. The van der Waals surface area contributed by atoms with E-state index in [-0.39, 0.29) is 4.91 Å². The SMILES string of the molecule is CCc1nc(S/C(=C\c2ccc(OC)cc2)C(=O)[O-])n[nH]1. The normalized spacial score (nSPS) is 11.4. The average Bonchev–Trinajstić information content (AvgIpc) is 2.95. The minimum absolute atomic E-state index is 0.0434. The molecule has 0 aliphatic rings. The standard InChI is InChI=1S/C14H15N3O3S/c1-3-12-15-14(17-16-12)21-11(13(18)19)8-9-4-6-10(20-2)7-5-9/h4-8H,3H2,1-2H3,(H,18,19)(H,15,16,17)/p-1/b11-8-. The van der Waals surface area contributed by atoms with Crippen LogP contribution in [-0.4, -0.2) is 28.3 Å². The fraction of sp³-hybridized carbons (Fsp3) is 0.214. The van der Waals surface area contributed by atoms with E-state index in [0.717, 1.165) is 17.3 Å². The number of nitrogens with one attached hydrogen (secondary N) is 1. The third-order valence-electron chi connectivity index (χ3n) is 2.66. The molecule has 0 aliphatic carbocycles. The smallest absolute Gasteiger partial charge is 0.213 e. The molecule has 1 heterocycles. The number of aromatic amines is 1. The van der Waals surface area contributed by atoms with E-state index in [0.29, 0.717) is 23.2 Å². The molecule has 6 nitrogen and oxygen atoms in total. The second kappa shape index (κ2) is 6.94. The molecule has 0 radical (unpaired) electrons. The van der Waals surface area contributed by atoms with E-state index in [2.05, 4.69) is 15.2 Å². The van der Waals surface area contributed by atoms with Gasteiger partial charge in [0.1, 0.15) is 11.6 Å². The van der Waals surface area contributed by atoms with Crippen LogP contribution in [0.15, 0.2) is 34.3 Å². The van der Waals surface area contributed by atoms with Gasteiger partial charge in [0.25, 0.3) is 0 Å². The number of carbonyl (C=O) groups is 1. The second-order valence-corrected chi connectivity index (χ2v) is 5.10. The Bertz CT molecular complexity index is 650. The van der Waals surface area contributed by atoms with Crippen LogP contribution in [0.1, 0.15) is 18.3 Å². The van der Waals surface area contributed by atoms with Gasteiger partial charge in [0.15, 0.2) is 0 Å². The number of aryl methyl sites for hydroxylation is 1. The Hall–Kier alpha value is -2.28. The molecule has 1 aromatic carbocycles. The first-order chi connectivity index (χ1) is 10.1. The summed E-state index contributed by atoms with van der Waals surface area (Å²) in [5, 5.41) is 18.3. The lowest BCUT2D eigenvalue weighted by atomic mass is 10.2. The molecule has 7 heteroatoms. The highest BCUT2D eigenvalue weighted by Crippen LogP contribution is 2.25. The van der Waals surface area contributed by atoms with Gasteiger partial charge in [-0.15, -0.1) is 5.10 Å². The van der Waals surface area contributed by atoms with Crippen molar-refractivity contribution in [3.8, 4) is 5.75 Å². The van der Waals surface area contributed by atoms with E-state index in [1.165, 1.54) is 6.08 Å². The highest BCUT2D eigenvalue weighted by Gasteiger charge is 2.08. The molecule has 0 amide bonds. The van der Waals surface area contributed by atoms with Crippen molar-refractivity contribution in [2.75, 3.05) is 7.11 Å². The quantitative estimate of drug-likeness (QED) is 0.638. The molecule has 110 valence electrons. The third-order valence-corrected chi connectivity index (χ3v) is 3.53. The zero-order valence-electron chi connectivity index (χ0n) is 11.6. The molecule has 0 spiro atoms. The number of carboxylic acid groups (broad SMARTS) is 1. The number of thioether (sulfide) groups is 1. The van der Waals surface area contributed by atoms with Crippen molar-refractivity contribution in [2.24, 2.45) is 0 Å². The Morgan fingerprint density at radius 1 is 1.43 bits per heavy atom. The molecule has 0 saturated carbocycles. The van der Waals surface area contributed by atoms with Crippen LogP contribution in [0.2, 0.25) is 0 Å². The van der Waals surface area contributed by atoms with Crippen molar-refractivity contribution in [2.45, 2.75) is 18.5 Å². The molecule has 0 saturated heterocycles. The predicted molar refractivity (Wildman–Crippen MR) is 77.6 cm³/mol. The number of carbonyl (C=O) groups excluding carboxylic acids is 1. The maximum Gasteiger partial charge on any atom is 0.213 e. The zero-order chi connectivity index (χ0) is 15.2. The number of hydrogen-bond acceptors (Lipinski definition) is 6. The van der Waals surface area contributed by atoms with E-state index in [4.69, 9.17) is 4.74 Å². The lowest BCUT2D eigenvalue weighted by Gasteiger charge is -2.06. The van der Waals surface area contributed by atoms with Gasteiger partial charge in [-0.05, 0) is 35.5 Å². The molecule has 0 atom stereocenters. The summed E-state index contributed by atoms with van der Waals surface area (Å²) >= 11 is 0.952. The van der Waals surface area contributed by atoms with E-state index >= 15 is 0 Å². The van der Waals surface area contributed by atoms with E-state index < -0.39 is 5.97 Å². The Kier molecular flexibility index (Phi) is 4.99. The number of methoxy groups -OCH3 is 1. The van der Waals surface area contributed by atoms with Crippen molar-refractivity contribution in [1.82, 2.24) is 15.2 Å². The predicted octanol–water partition coefficient (Wildman–Crippen LogP) is 1.26. The van der Waals surface area contributed by atoms with Crippen LogP contribution in [0, 0.1) is 0 Å². The fourth-order valence-corrected chi connectivity index (χ4v) is 2.28. The lowest BCUT2D eigenvalue weighted by molar-refractivity contribution is -0.297. The monoisotopic (exact) mass is 304 g/mol. The summed E-state index contributed by atoms with van der Waals surface area (Å²) in [6, 6.07) is 7.03. The van der Waals surface area contributed by atoms with Crippen molar-refractivity contribution in [3.63, 3.8) is 0 Å². The van der Waals surface area contributed by atoms with E-state index in [1.54, 1.807) is 31.4 Å². The second-order valence-electron chi connectivity index (χ2n) is 4.09. The van der Waals surface area contributed by atoms with Gasteiger partial charge >= 0.3 is 0 Å². The Morgan fingerprint density at radius 2 is 2.14 bits per heavy atom. The zero-order valence-corrected chi connectivity index (χ0v) is 12.4. The molecular weight excluding hydrogens is 290 g/mol. The topological polar surface area (TPSA) is 90.9 Å². The summed E-state index contributed by atoms with van der Waals surface area (Å²) in [4.78, 5) is 15.4. The molecule has 2 aromatic rings. The van der Waals surface area contributed by atoms with Gasteiger partial charge in [-0.3, -0.25) is 5.10 Å². The van der Waals surface area contributed by atoms with Crippen molar-refractivity contribution < 1.29 is 14.6 Å². The maximum atomic E-state index is 11.2. The van der Waals surface area contributed by atoms with Gasteiger partial charge in [0.05, 0.1) is 13.1 Å². The van der Waals surface area contributed by atoms with Crippen LogP contribution in [0.25, 0.3) is 6.08 Å². The minimum atomic E-state index is -1.27. The van der Waals surface area contributed by atoms with Gasteiger partial charge in [-0.2, -0.15) is 0 Å². The van der Waals surface area contributed by atoms with Gasteiger partial charge < -0.3 is 14.6 Å². The molecule has 0 aliphatic heterocycles. The number of nitrogens with zero attached hydrogens (tertiary/aromatic N) is 2. The number of ether oxygens (including phenoxy) is 1. The number of rotatable bonds is 6. The Balaban J connectivity index is 2.20. The molecule has 0 bridgehead atoms. The van der Waals surface area contributed by atoms with Crippen molar-refractivity contribution >= 4 is 23.8 Å². The summed E-state index contributed by atoms with van der Waals surface area (Å²) < 4.78 is 5.05. The lowest BCUT2D eigenvalue weighted by Crippen LogP contribution is -2.23. The first kappa shape index (κ1) is 15.1. The third kappa shape index (κ3) is 4.09. The summed E-state index contributed by atoms with van der Waals surface area (Å²) in [7, 11) is 1.57. The van der Waals surface area contributed by atoms with Gasteiger partial charge in [-0.1, -0.05) is 19.1 Å². The fourth-order valence-electron chi connectivity index (χ4n) is 1.56. The van der Waals surface area contributed by atoms with Crippen LogP contribution in [-0.2, 0) is 11.2 Å². The van der Waals surface area contributed by atoms with Crippen LogP contribution in [0.3, 0.4) is 0 Å². The van der Waals surface area contributed by atoms with Gasteiger partial charge in [-0.25, -0.2) is 4.98 Å². The van der Waals surface area contributed by atoms with Crippen molar-refractivity contribution in [3.05, 3.63) is 40.6 Å². The number of aromatic nitrogens is 3. The molecule has 2 rings (SSSR count). The van der Waals surface area contributed by atoms with E-state index in [9.17, 15) is 9.90 Å². The first-order valence-electron chi connectivity index (χ1n) is 6.28. The molecule has 0 fully saturated rings. The summed E-state index contributed by atoms with van der Waals surface area (Å²) in [5.41, 5.74) is 0.730.